The summed E-state index contributed by atoms with van der Waals surface area (Å²) in [6, 6.07) is 1.95. The van der Waals surface area contributed by atoms with Crippen molar-refractivity contribution in [1.29, 1.82) is 0 Å². The first-order valence-electron chi connectivity index (χ1n) is 7.62. The van der Waals surface area contributed by atoms with Crippen molar-refractivity contribution < 1.29 is 0 Å². The lowest BCUT2D eigenvalue weighted by atomic mass is 9.75. The zero-order valence-corrected chi connectivity index (χ0v) is 10.8. The molecular weight excluding hydrogens is 194 g/mol. The van der Waals surface area contributed by atoms with E-state index < -0.39 is 0 Å². The lowest BCUT2D eigenvalue weighted by molar-refractivity contribution is 0.0738. The van der Waals surface area contributed by atoms with Crippen molar-refractivity contribution in [3.63, 3.8) is 0 Å². The normalized spacial score (nSPS) is 45.6. The van der Waals surface area contributed by atoms with Gasteiger partial charge in [0.05, 0.1) is 0 Å². The fraction of sp³-hybridized carbons (Fsp3) is 1.00. The van der Waals surface area contributed by atoms with Gasteiger partial charge < -0.3 is 0 Å². The van der Waals surface area contributed by atoms with E-state index in [0.29, 0.717) is 0 Å². The first-order valence-corrected chi connectivity index (χ1v) is 7.62. The Balaban J connectivity index is 1.69. The third kappa shape index (κ3) is 1.92. The molecule has 0 spiro atoms. The highest BCUT2D eigenvalue weighted by Gasteiger charge is 2.40. The monoisotopic (exact) mass is 221 g/mol. The molecule has 0 radical (unpaired) electrons. The molecule has 2 heterocycles. The van der Waals surface area contributed by atoms with Crippen LogP contribution in [0.2, 0.25) is 0 Å². The predicted octanol–water partition coefficient (Wildman–Crippen LogP) is 3.83. The van der Waals surface area contributed by atoms with Crippen LogP contribution in [0.5, 0.6) is 0 Å². The van der Waals surface area contributed by atoms with Gasteiger partial charge in [-0.3, -0.25) is 4.90 Å². The zero-order valence-electron chi connectivity index (χ0n) is 10.8. The van der Waals surface area contributed by atoms with Gasteiger partial charge in [0.25, 0.3) is 0 Å². The third-order valence-electron chi connectivity index (χ3n) is 5.57. The minimum absolute atomic E-state index is 0.973. The molecule has 16 heavy (non-hydrogen) atoms. The maximum absolute atomic E-state index is 2.91. The summed E-state index contributed by atoms with van der Waals surface area (Å²) in [6.45, 7) is 3.93. The first kappa shape index (κ1) is 11.1. The molecule has 0 aromatic carbocycles. The molecule has 0 amide bonds. The highest BCUT2D eigenvalue weighted by Crippen LogP contribution is 2.42. The van der Waals surface area contributed by atoms with E-state index in [-0.39, 0.29) is 0 Å². The number of rotatable bonds is 1. The summed E-state index contributed by atoms with van der Waals surface area (Å²) in [5, 5.41) is 0. The Bertz CT molecular complexity index is 238. The molecule has 1 heteroatoms. The van der Waals surface area contributed by atoms with E-state index >= 15 is 0 Å². The van der Waals surface area contributed by atoms with Crippen molar-refractivity contribution in [2.75, 3.05) is 6.54 Å². The van der Waals surface area contributed by atoms with Gasteiger partial charge in [0.2, 0.25) is 0 Å². The Hall–Kier alpha value is -0.0400. The predicted molar refractivity (Wildman–Crippen MR) is 68.5 cm³/mol. The molecule has 3 rings (SSSR count). The average Bonchev–Trinajstić information content (AvgIpc) is 2.74. The second-order valence-electron chi connectivity index (χ2n) is 6.46. The number of piperidine rings is 1. The van der Waals surface area contributed by atoms with Crippen molar-refractivity contribution in [3.8, 4) is 0 Å². The molecule has 1 nitrogen and oxygen atoms in total. The van der Waals surface area contributed by atoms with E-state index in [0.717, 1.165) is 23.9 Å². The summed E-state index contributed by atoms with van der Waals surface area (Å²) in [5.74, 6) is 2.04. The summed E-state index contributed by atoms with van der Waals surface area (Å²) in [7, 11) is 0. The Morgan fingerprint density at radius 2 is 1.62 bits per heavy atom. The average molecular weight is 221 g/mol. The summed E-state index contributed by atoms with van der Waals surface area (Å²) in [6.07, 6.45) is 13.5. The number of nitrogens with zero attached hydrogens (tertiary/aromatic N) is 1. The molecule has 0 aromatic rings. The zero-order chi connectivity index (χ0) is 11.0. The first-order chi connectivity index (χ1) is 7.86. The van der Waals surface area contributed by atoms with Gasteiger partial charge in [0, 0.05) is 12.1 Å². The molecule has 2 saturated heterocycles. The van der Waals surface area contributed by atoms with E-state index in [4.69, 9.17) is 0 Å². The minimum Gasteiger partial charge on any atom is -0.297 e. The Labute approximate surface area is 101 Å². The van der Waals surface area contributed by atoms with E-state index in [2.05, 4.69) is 11.8 Å². The van der Waals surface area contributed by atoms with Crippen LogP contribution in [-0.4, -0.2) is 23.5 Å². The largest absolute Gasteiger partial charge is 0.297 e. The molecule has 92 valence electrons. The van der Waals surface area contributed by atoms with Crippen molar-refractivity contribution in [2.45, 2.75) is 76.8 Å². The summed E-state index contributed by atoms with van der Waals surface area (Å²) >= 11 is 0. The molecule has 1 saturated carbocycles. The lowest BCUT2D eigenvalue weighted by Gasteiger charge is -2.41. The number of fused-ring (bicyclic) bond motifs is 1. The van der Waals surface area contributed by atoms with Crippen LogP contribution in [0, 0.1) is 11.8 Å². The van der Waals surface area contributed by atoms with Gasteiger partial charge in [-0.1, -0.05) is 32.6 Å². The lowest BCUT2D eigenvalue weighted by Crippen LogP contribution is -2.45. The number of hydrogen-bond donors (Lipinski definition) is 0. The maximum Gasteiger partial charge on any atom is 0.0130 e. The van der Waals surface area contributed by atoms with E-state index in [9.17, 15) is 0 Å². The van der Waals surface area contributed by atoms with Gasteiger partial charge in [0.15, 0.2) is 0 Å². The van der Waals surface area contributed by atoms with Crippen LogP contribution in [0.25, 0.3) is 0 Å². The van der Waals surface area contributed by atoms with Gasteiger partial charge in [-0.15, -0.1) is 0 Å². The molecule has 2 aliphatic heterocycles. The SMILES string of the molecule is CC1CCCCC1C1CCC2CCCCN21. The van der Waals surface area contributed by atoms with Crippen LogP contribution in [0.3, 0.4) is 0 Å². The van der Waals surface area contributed by atoms with Crippen LogP contribution >= 0.6 is 0 Å². The van der Waals surface area contributed by atoms with Gasteiger partial charge in [0.1, 0.15) is 0 Å². The van der Waals surface area contributed by atoms with E-state index in [1.807, 2.05) is 0 Å². The van der Waals surface area contributed by atoms with Gasteiger partial charge >= 0.3 is 0 Å². The molecule has 4 atom stereocenters. The molecular formula is C15H27N. The molecule has 0 aromatic heterocycles. The summed E-state index contributed by atoms with van der Waals surface area (Å²) in [4.78, 5) is 2.91. The fourth-order valence-corrected chi connectivity index (χ4v) is 4.68. The maximum atomic E-state index is 2.91. The van der Waals surface area contributed by atoms with Gasteiger partial charge in [-0.2, -0.15) is 0 Å². The van der Waals surface area contributed by atoms with Crippen LogP contribution in [0.1, 0.15) is 64.7 Å². The molecule has 3 fully saturated rings. The topological polar surface area (TPSA) is 3.24 Å². The molecule has 3 aliphatic rings. The standard InChI is InChI=1S/C15H27N/c1-12-6-2-3-8-14(12)15-10-9-13-7-4-5-11-16(13)15/h12-15H,2-11H2,1H3. The van der Waals surface area contributed by atoms with Crippen LogP contribution in [-0.2, 0) is 0 Å². The molecule has 4 unspecified atom stereocenters. The smallest absolute Gasteiger partial charge is 0.0130 e. The molecule has 0 N–H and O–H groups in total. The Kier molecular flexibility index (Phi) is 3.24. The van der Waals surface area contributed by atoms with Crippen molar-refractivity contribution in [3.05, 3.63) is 0 Å². The Morgan fingerprint density at radius 1 is 0.812 bits per heavy atom. The fourth-order valence-electron chi connectivity index (χ4n) is 4.68. The number of hydrogen-bond acceptors (Lipinski definition) is 1. The van der Waals surface area contributed by atoms with Crippen molar-refractivity contribution in [2.24, 2.45) is 11.8 Å². The molecule has 0 bridgehead atoms. The highest BCUT2D eigenvalue weighted by molar-refractivity contribution is 4.95. The Morgan fingerprint density at radius 3 is 2.50 bits per heavy atom. The second-order valence-corrected chi connectivity index (χ2v) is 6.46. The van der Waals surface area contributed by atoms with Crippen molar-refractivity contribution >= 4 is 0 Å². The summed E-state index contributed by atoms with van der Waals surface area (Å²) in [5.41, 5.74) is 0. The minimum atomic E-state index is 0.973. The van der Waals surface area contributed by atoms with Crippen LogP contribution in [0.15, 0.2) is 0 Å². The van der Waals surface area contributed by atoms with Gasteiger partial charge in [-0.25, -0.2) is 0 Å². The van der Waals surface area contributed by atoms with Crippen molar-refractivity contribution in [1.82, 2.24) is 4.90 Å². The van der Waals surface area contributed by atoms with Crippen LogP contribution in [0.4, 0.5) is 0 Å². The van der Waals surface area contributed by atoms with Gasteiger partial charge in [-0.05, 0) is 50.5 Å². The van der Waals surface area contributed by atoms with Crippen LogP contribution < -0.4 is 0 Å². The molecule has 1 aliphatic carbocycles. The van der Waals surface area contributed by atoms with E-state index in [1.54, 1.807) is 0 Å². The third-order valence-corrected chi connectivity index (χ3v) is 5.57. The quantitative estimate of drug-likeness (QED) is 0.650. The second kappa shape index (κ2) is 4.68. The summed E-state index contributed by atoms with van der Waals surface area (Å²) < 4.78 is 0. The highest BCUT2D eigenvalue weighted by atomic mass is 15.2. The van der Waals surface area contributed by atoms with E-state index in [1.165, 1.54) is 64.3 Å².